The minimum absolute atomic E-state index is 0.00542. The van der Waals surface area contributed by atoms with E-state index in [1.165, 1.54) is 38.5 Å². The van der Waals surface area contributed by atoms with Crippen LogP contribution in [0.5, 0.6) is 0 Å². The maximum absolute atomic E-state index is 12.2. The molecule has 14 atom stereocenters. The number of esters is 1. The molecule has 3 saturated heterocycles. The van der Waals surface area contributed by atoms with Crippen LogP contribution in [0.3, 0.4) is 0 Å². The van der Waals surface area contributed by atoms with E-state index >= 15 is 0 Å². The summed E-state index contributed by atoms with van der Waals surface area (Å²) in [6, 6.07) is -0.113. The van der Waals surface area contributed by atoms with Crippen molar-refractivity contribution in [3.8, 4) is 0 Å². The number of cyclic esters (lactones) is 1. The van der Waals surface area contributed by atoms with Crippen molar-refractivity contribution in [2.75, 3.05) is 32.9 Å². The monoisotopic (exact) mass is 599 g/mol. The first-order chi connectivity index (χ1) is 20.4. The zero-order valence-electron chi connectivity index (χ0n) is 27.6. The lowest BCUT2D eigenvalue weighted by Gasteiger charge is -2.63. The molecule has 8 aliphatic rings. The Morgan fingerprint density at radius 2 is 1.74 bits per heavy atom. The SMILES string of the molecule is CC1C[C@@H](C)[C@H]2C(O1)[C@H](O)[C@@]1(C)C3CC[C@H]4C(C)(C)C(OCC5CN(C6CCOC6=O)CCO5)CCC45CC35CCC21C. The molecule has 0 aromatic carbocycles. The maximum atomic E-state index is 12.2. The van der Waals surface area contributed by atoms with Crippen molar-refractivity contribution in [2.45, 2.75) is 136 Å². The average molecular weight is 600 g/mol. The third-order valence-corrected chi connectivity index (χ3v) is 15.9. The molecule has 242 valence electrons. The molecular weight excluding hydrogens is 542 g/mol. The van der Waals surface area contributed by atoms with E-state index < -0.39 is 0 Å². The summed E-state index contributed by atoms with van der Waals surface area (Å²) in [7, 11) is 0. The van der Waals surface area contributed by atoms with Crippen LogP contribution in [0, 0.1) is 50.7 Å². The second-order valence-corrected chi connectivity index (χ2v) is 17.6. The fourth-order valence-electron chi connectivity index (χ4n) is 14.0. The smallest absolute Gasteiger partial charge is 0.323 e. The molecule has 8 rings (SSSR count). The van der Waals surface area contributed by atoms with Crippen molar-refractivity contribution in [2.24, 2.45) is 50.7 Å². The van der Waals surface area contributed by atoms with Gasteiger partial charge in [0.15, 0.2) is 0 Å². The van der Waals surface area contributed by atoms with Gasteiger partial charge in [-0.2, -0.15) is 0 Å². The Hall–Kier alpha value is -0.730. The molecule has 0 bridgehead atoms. The zero-order chi connectivity index (χ0) is 30.2. The molecule has 0 radical (unpaired) electrons. The van der Waals surface area contributed by atoms with Gasteiger partial charge in [0.05, 0.1) is 50.3 Å². The molecule has 3 aliphatic heterocycles. The van der Waals surface area contributed by atoms with E-state index in [1.807, 2.05) is 0 Å². The van der Waals surface area contributed by atoms with Gasteiger partial charge >= 0.3 is 5.97 Å². The normalized spacial score (nSPS) is 57.1. The molecule has 0 aromatic heterocycles. The van der Waals surface area contributed by atoms with Gasteiger partial charge in [-0.25, -0.2) is 0 Å². The Morgan fingerprint density at radius 1 is 0.977 bits per heavy atom. The van der Waals surface area contributed by atoms with Gasteiger partial charge in [0.2, 0.25) is 0 Å². The van der Waals surface area contributed by atoms with Crippen LogP contribution in [0.1, 0.15) is 99.3 Å². The molecule has 43 heavy (non-hydrogen) atoms. The van der Waals surface area contributed by atoms with Crippen LogP contribution in [-0.2, 0) is 23.7 Å². The van der Waals surface area contributed by atoms with Crippen molar-refractivity contribution in [1.82, 2.24) is 4.90 Å². The van der Waals surface area contributed by atoms with Gasteiger partial charge < -0.3 is 24.1 Å². The maximum Gasteiger partial charge on any atom is 0.323 e. The molecular formula is C36H57NO6. The second-order valence-electron chi connectivity index (χ2n) is 17.6. The number of hydrogen-bond acceptors (Lipinski definition) is 7. The van der Waals surface area contributed by atoms with E-state index in [4.69, 9.17) is 18.9 Å². The highest BCUT2D eigenvalue weighted by Crippen LogP contribution is 2.89. The Kier molecular flexibility index (Phi) is 6.66. The van der Waals surface area contributed by atoms with E-state index in [2.05, 4.69) is 46.4 Å². The van der Waals surface area contributed by atoms with Gasteiger partial charge in [0.25, 0.3) is 0 Å². The zero-order valence-corrected chi connectivity index (χ0v) is 27.6. The van der Waals surface area contributed by atoms with Crippen LogP contribution < -0.4 is 0 Å². The van der Waals surface area contributed by atoms with Gasteiger partial charge in [0, 0.05) is 24.9 Å². The highest BCUT2D eigenvalue weighted by molar-refractivity contribution is 5.77. The lowest BCUT2D eigenvalue weighted by molar-refractivity contribution is -0.194. The third kappa shape index (κ3) is 3.75. The molecule has 7 heteroatoms. The minimum atomic E-state index is -0.363. The van der Waals surface area contributed by atoms with Gasteiger partial charge in [0.1, 0.15) is 6.04 Å². The molecule has 5 saturated carbocycles. The molecule has 0 aromatic rings. The average Bonchev–Trinajstić information content (AvgIpc) is 3.36. The quantitative estimate of drug-likeness (QED) is 0.444. The Bertz CT molecular complexity index is 1140. The summed E-state index contributed by atoms with van der Waals surface area (Å²) in [5, 5.41) is 12.2. The highest BCUT2D eigenvalue weighted by Gasteiger charge is 2.84. The number of ether oxygens (including phenoxy) is 4. The third-order valence-electron chi connectivity index (χ3n) is 15.9. The standard InChI is InChI=1S/C36H57NO6/c1-21-17-22(2)43-29-28(21)33(5)12-13-36-20-35(36)11-9-27(32(3,4)25(35)7-8-26(36)34(33,6)30(29)38)42-19-23-18-37(14-16-40-23)24-10-15-41-31(24)39/h21-30,38H,7-20H2,1-6H3/t21-,22?,23?,24?,25+,26?,27?,28+,29?,30+,33?,34-,35?,36?/m1/s1. The van der Waals surface area contributed by atoms with Crippen LogP contribution in [0.2, 0.25) is 0 Å². The van der Waals surface area contributed by atoms with Crippen molar-refractivity contribution >= 4 is 5.97 Å². The van der Waals surface area contributed by atoms with Gasteiger partial charge in [-0.3, -0.25) is 9.69 Å². The summed E-state index contributed by atoms with van der Waals surface area (Å²) in [5.74, 6) is 2.24. The molecule has 1 N–H and O–H groups in total. The van der Waals surface area contributed by atoms with E-state index in [9.17, 15) is 9.90 Å². The number of nitrogens with zero attached hydrogens (tertiary/aromatic N) is 1. The Labute approximate surface area is 259 Å². The predicted octanol–water partition coefficient (Wildman–Crippen LogP) is 5.22. The Morgan fingerprint density at radius 3 is 2.51 bits per heavy atom. The number of aliphatic hydroxyl groups is 1. The van der Waals surface area contributed by atoms with Crippen molar-refractivity contribution in [3.63, 3.8) is 0 Å². The fraction of sp³-hybridized carbons (Fsp3) is 0.972. The summed E-state index contributed by atoms with van der Waals surface area (Å²) in [5.41, 5.74) is 0.937. The number of carbonyl (C=O) groups is 1. The van der Waals surface area contributed by atoms with Crippen LogP contribution in [0.25, 0.3) is 0 Å². The second kappa shape index (κ2) is 9.65. The van der Waals surface area contributed by atoms with E-state index in [0.717, 1.165) is 32.4 Å². The van der Waals surface area contributed by atoms with Gasteiger partial charge in [-0.05, 0) is 104 Å². The molecule has 2 spiro atoms. The van der Waals surface area contributed by atoms with Crippen LogP contribution in [0.4, 0.5) is 0 Å². The number of hydrogen-bond donors (Lipinski definition) is 1. The van der Waals surface area contributed by atoms with Gasteiger partial charge in [-0.1, -0.05) is 34.6 Å². The first kappa shape index (κ1) is 29.7. The van der Waals surface area contributed by atoms with Crippen molar-refractivity contribution in [1.29, 1.82) is 0 Å². The van der Waals surface area contributed by atoms with E-state index in [0.29, 0.717) is 54.3 Å². The highest BCUT2D eigenvalue weighted by atomic mass is 16.5. The number of carbonyl (C=O) groups excluding carboxylic acids is 1. The fourth-order valence-corrected chi connectivity index (χ4v) is 14.0. The lowest BCUT2D eigenvalue weighted by atomic mass is 9.41. The van der Waals surface area contributed by atoms with Crippen molar-refractivity contribution in [3.05, 3.63) is 0 Å². The number of aliphatic hydroxyl groups excluding tert-OH is 1. The molecule has 5 aliphatic carbocycles. The largest absolute Gasteiger partial charge is 0.464 e. The van der Waals surface area contributed by atoms with Crippen LogP contribution in [-0.4, -0.2) is 85.4 Å². The topological polar surface area (TPSA) is 77.5 Å². The first-order valence-electron chi connectivity index (χ1n) is 17.9. The van der Waals surface area contributed by atoms with E-state index in [-0.39, 0.29) is 58.8 Å². The molecule has 3 heterocycles. The van der Waals surface area contributed by atoms with Crippen molar-refractivity contribution < 1.29 is 28.8 Å². The number of morpholine rings is 1. The molecule has 8 fully saturated rings. The Balaban J connectivity index is 0.987. The van der Waals surface area contributed by atoms with Crippen LogP contribution in [0.15, 0.2) is 0 Å². The summed E-state index contributed by atoms with van der Waals surface area (Å²) in [6.45, 7) is 18.0. The summed E-state index contributed by atoms with van der Waals surface area (Å²) in [6.07, 6.45) is 10.8. The molecule has 7 nitrogen and oxygen atoms in total. The predicted molar refractivity (Wildman–Crippen MR) is 162 cm³/mol. The number of rotatable bonds is 4. The summed E-state index contributed by atoms with van der Waals surface area (Å²) in [4.78, 5) is 14.4. The lowest BCUT2D eigenvalue weighted by Crippen LogP contribution is -2.60. The number of fused-ring (bicyclic) bond motifs is 4. The summed E-state index contributed by atoms with van der Waals surface area (Å²) < 4.78 is 24.8. The minimum Gasteiger partial charge on any atom is -0.464 e. The van der Waals surface area contributed by atoms with Crippen LogP contribution >= 0.6 is 0 Å². The van der Waals surface area contributed by atoms with Gasteiger partial charge in [-0.15, -0.1) is 0 Å². The first-order valence-corrected chi connectivity index (χ1v) is 17.9. The molecule has 0 amide bonds. The van der Waals surface area contributed by atoms with E-state index in [1.54, 1.807) is 0 Å². The molecule has 9 unspecified atom stereocenters. The summed E-state index contributed by atoms with van der Waals surface area (Å²) >= 11 is 0.